The van der Waals surface area contributed by atoms with Crippen LogP contribution in [0.5, 0.6) is 5.75 Å². The number of methoxy groups -OCH3 is 2. The Hall–Kier alpha value is -2.64. The second-order valence-electron chi connectivity index (χ2n) is 6.74. The predicted octanol–water partition coefficient (Wildman–Crippen LogP) is 2.93. The SMILES string of the molecule is COCCNC(=O)c1ccc(-c2ccc(OCOC)cc2)nc1NCC1CC1. The van der Waals surface area contributed by atoms with Crippen LogP contribution in [-0.4, -0.2) is 51.6 Å². The molecule has 0 bridgehead atoms. The average Bonchev–Trinajstić information content (AvgIpc) is 3.55. The number of nitrogens with zero attached hydrogens (tertiary/aromatic N) is 1. The molecule has 1 aliphatic carbocycles. The molecule has 3 rings (SSSR count). The van der Waals surface area contributed by atoms with E-state index in [-0.39, 0.29) is 12.7 Å². The Labute approximate surface area is 165 Å². The zero-order valence-electron chi connectivity index (χ0n) is 16.4. The van der Waals surface area contributed by atoms with Crippen molar-refractivity contribution in [2.45, 2.75) is 12.8 Å². The molecule has 1 fully saturated rings. The Morgan fingerprint density at radius 3 is 2.57 bits per heavy atom. The third-order valence-corrected chi connectivity index (χ3v) is 4.48. The van der Waals surface area contributed by atoms with Crippen molar-refractivity contribution in [3.63, 3.8) is 0 Å². The summed E-state index contributed by atoms with van der Waals surface area (Å²) in [4.78, 5) is 17.2. The van der Waals surface area contributed by atoms with E-state index < -0.39 is 0 Å². The number of carbonyl (C=O) groups is 1. The number of hydrogen-bond donors (Lipinski definition) is 2. The summed E-state index contributed by atoms with van der Waals surface area (Å²) in [5, 5.41) is 6.21. The van der Waals surface area contributed by atoms with E-state index in [1.54, 1.807) is 14.2 Å². The van der Waals surface area contributed by atoms with Crippen molar-refractivity contribution in [1.82, 2.24) is 10.3 Å². The van der Waals surface area contributed by atoms with E-state index in [1.807, 2.05) is 36.4 Å². The van der Waals surface area contributed by atoms with Gasteiger partial charge in [-0.2, -0.15) is 0 Å². The number of ether oxygens (including phenoxy) is 3. The maximum absolute atomic E-state index is 12.5. The van der Waals surface area contributed by atoms with Crippen molar-refractivity contribution in [3.8, 4) is 17.0 Å². The topological polar surface area (TPSA) is 81.7 Å². The van der Waals surface area contributed by atoms with Crippen molar-refractivity contribution in [3.05, 3.63) is 42.0 Å². The van der Waals surface area contributed by atoms with Crippen molar-refractivity contribution in [2.75, 3.05) is 46.0 Å². The normalized spacial score (nSPS) is 13.2. The van der Waals surface area contributed by atoms with Gasteiger partial charge in [0.25, 0.3) is 5.91 Å². The molecule has 0 unspecified atom stereocenters. The lowest BCUT2D eigenvalue weighted by Crippen LogP contribution is -2.28. The first kappa shape index (κ1) is 20.1. The summed E-state index contributed by atoms with van der Waals surface area (Å²) in [5.74, 6) is 1.86. The fourth-order valence-corrected chi connectivity index (χ4v) is 2.71. The van der Waals surface area contributed by atoms with E-state index >= 15 is 0 Å². The second kappa shape index (κ2) is 10.1. The number of anilines is 1. The molecule has 1 heterocycles. The van der Waals surface area contributed by atoms with Gasteiger partial charge in [-0.1, -0.05) is 0 Å². The summed E-state index contributed by atoms with van der Waals surface area (Å²) in [6, 6.07) is 11.3. The maximum atomic E-state index is 12.5. The third-order valence-electron chi connectivity index (χ3n) is 4.48. The fraction of sp³-hybridized carbons (Fsp3) is 0.429. The van der Waals surface area contributed by atoms with E-state index in [0.717, 1.165) is 23.6 Å². The lowest BCUT2D eigenvalue weighted by Gasteiger charge is -2.13. The van der Waals surface area contributed by atoms with Gasteiger partial charge in [0.1, 0.15) is 11.6 Å². The molecule has 1 aromatic carbocycles. The summed E-state index contributed by atoms with van der Waals surface area (Å²) >= 11 is 0. The molecular formula is C21H27N3O4. The zero-order valence-corrected chi connectivity index (χ0v) is 16.4. The lowest BCUT2D eigenvalue weighted by atomic mass is 10.1. The van der Waals surface area contributed by atoms with Crippen LogP contribution in [-0.2, 0) is 9.47 Å². The summed E-state index contributed by atoms with van der Waals surface area (Å²) in [6.07, 6.45) is 2.45. The monoisotopic (exact) mass is 385 g/mol. The first-order valence-corrected chi connectivity index (χ1v) is 9.45. The molecule has 7 nitrogen and oxygen atoms in total. The summed E-state index contributed by atoms with van der Waals surface area (Å²) in [7, 11) is 3.19. The van der Waals surface area contributed by atoms with Crippen LogP contribution in [0, 0.1) is 5.92 Å². The number of pyridine rings is 1. The van der Waals surface area contributed by atoms with E-state index in [9.17, 15) is 4.79 Å². The number of amides is 1. The molecule has 2 N–H and O–H groups in total. The molecule has 1 aromatic heterocycles. The van der Waals surface area contributed by atoms with E-state index in [0.29, 0.717) is 30.5 Å². The van der Waals surface area contributed by atoms with Gasteiger partial charge in [0, 0.05) is 32.9 Å². The standard InChI is InChI=1S/C21H27N3O4/c1-26-12-11-22-21(25)18-9-10-19(24-20(18)23-13-15-3-4-15)16-5-7-17(8-6-16)28-14-27-2/h5-10,15H,3-4,11-14H2,1-2H3,(H,22,25)(H,23,24). The summed E-state index contributed by atoms with van der Waals surface area (Å²) in [6.45, 7) is 1.97. The molecule has 0 aliphatic heterocycles. The number of benzene rings is 1. The van der Waals surface area contributed by atoms with Crippen LogP contribution >= 0.6 is 0 Å². The largest absolute Gasteiger partial charge is 0.468 e. The number of hydrogen-bond acceptors (Lipinski definition) is 6. The van der Waals surface area contributed by atoms with Crippen molar-refractivity contribution >= 4 is 11.7 Å². The second-order valence-corrected chi connectivity index (χ2v) is 6.74. The van der Waals surface area contributed by atoms with Gasteiger partial charge in [0.2, 0.25) is 0 Å². The first-order chi connectivity index (χ1) is 13.7. The molecule has 1 amide bonds. The minimum atomic E-state index is -0.155. The summed E-state index contributed by atoms with van der Waals surface area (Å²) in [5.41, 5.74) is 2.29. The molecule has 1 aliphatic rings. The van der Waals surface area contributed by atoms with Gasteiger partial charge in [0.05, 0.1) is 17.9 Å². The van der Waals surface area contributed by atoms with Gasteiger partial charge in [-0.3, -0.25) is 4.79 Å². The van der Waals surface area contributed by atoms with Crippen molar-refractivity contribution in [1.29, 1.82) is 0 Å². The Morgan fingerprint density at radius 1 is 1.11 bits per heavy atom. The average molecular weight is 385 g/mol. The molecule has 2 aromatic rings. The minimum Gasteiger partial charge on any atom is -0.468 e. The number of aromatic nitrogens is 1. The van der Waals surface area contributed by atoms with Crippen LogP contribution in [0.2, 0.25) is 0 Å². The highest BCUT2D eigenvalue weighted by Crippen LogP contribution is 2.30. The third kappa shape index (κ3) is 5.68. The van der Waals surface area contributed by atoms with Crippen LogP contribution < -0.4 is 15.4 Å². The van der Waals surface area contributed by atoms with Gasteiger partial charge in [-0.25, -0.2) is 4.98 Å². The van der Waals surface area contributed by atoms with Crippen LogP contribution in [0.4, 0.5) is 5.82 Å². The van der Waals surface area contributed by atoms with Crippen molar-refractivity contribution in [2.24, 2.45) is 5.92 Å². The molecule has 28 heavy (non-hydrogen) atoms. The Balaban J connectivity index is 1.77. The maximum Gasteiger partial charge on any atom is 0.255 e. The van der Waals surface area contributed by atoms with Gasteiger partial charge >= 0.3 is 0 Å². The predicted molar refractivity (Wildman–Crippen MR) is 108 cm³/mol. The number of carbonyl (C=O) groups excluding carboxylic acids is 1. The molecule has 1 saturated carbocycles. The number of rotatable bonds is 11. The van der Waals surface area contributed by atoms with Crippen LogP contribution in [0.3, 0.4) is 0 Å². The molecule has 0 saturated heterocycles. The highest BCUT2D eigenvalue weighted by molar-refractivity contribution is 5.99. The Morgan fingerprint density at radius 2 is 1.89 bits per heavy atom. The van der Waals surface area contributed by atoms with Crippen LogP contribution in [0.25, 0.3) is 11.3 Å². The number of nitrogens with one attached hydrogen (secondary N) is 2. The quantitative estimate of drug-likeness (QED) is 0.457. The molecule has 7 heteroatoms. The fourth-order valence-electron chi connectivity index (χ4n) is 2.71. The van der Waals surface area contributed by atoms with Crippen LogP contribution in [0.15, 0.2) is 36.4 Å². The molecule has 0 radical (unpaired) electrons. The van der Waals surface area contributed by atoms with Gasteiger partial charge in [-0.15, -0.1) is 0 Å². The van der Waals surface area contributed by atoms with E-state index in [4.69, 9.17) is 19.2 Å². The molecule has 150 valence electrons. The van der Waals surface area contributed by atoms with E-state index in [1.165, 1.54) is 12.8 Å². The minimum absolute atomic E-state index is 0.155. The molecule has 0 atom stereocenters. The van der Waals surface area contributed by atoms with Gasteiger partial charge in [-0.05, 0) is 55.2 Å². The highest BCUT2D eigenvalue weighted by Gasteiger charge is 2.22. The Bertz CT molecular complexity index is 776. The van der Waals surface area contributed by atoms with E-state index in [2.05, 4.69) is 10.6 Å². The highest BCUT2D eigenvalue weighted by atomic mass is 16.7. The Kier molecular flexibility index (Phi) is 7.22. The molecular weight excluding hydrogens is 358 g/mol. The molecule has 0 spiro atoms. The first-order valence-electron chi connectivity index (χ1n) is 9.45. The smallest absolute Gasteiger partial charge is 0.255 e. The zero-order chi connectivity index (χ0) is 19.8. The van der Waals surface area contributed by atoms with Crippen LogP contribution in [0.1, 0.15) is 23.2 Å². The van der Waals surface area contributed by atoms with Gasteiger partial charge in [0.15, 0.2) is 6.79 Å². The van der Waals surface area contributed by atoms with Crippen molar-refractivity contribution < 1.29 is 19.0 Å². The lowest BCUT2D eigenvalue weighted by molar-refractivity contribution is 0.0511. The summed E-state index contributed by atoms with van der Waals surface area (Å²) < 4.78 is 15.3. The van der Waals surface area contributed by atoms with Gasteiger partial charge < -0.3 is 24.8 Å².